The number of carbonyl (C=O) groups is 1. The van der Waals surface area contributed by atoms with E-state index in [4.69, 9.17) is 5.11 Å². The molecule has 0 radical (unpaired) electrons. The highest BCUT2D eigenvalue weighted by Gasteiger charge is 2.34. The Labute approximate surface area is 117 Å². The van der Waals surface area contributed by atoms with E-state index in [9.17, 15) is 18.0 Å². The Balaban J connectivity index is 2.40. The van der Waals surface area contributed by atoms with Crippen molar-refractivity contribution < 1.29 is 23.1 Å². The number of carboxylic acids is 1. The predicted molar refractivity (Wildman–Crippen MR) is 67.9 cm³/mol. The first-order valence-electron chi connectivity index (χ1n) is 6.24. The minimum atomic E-state index is -4.57. The molecule has 21 heavy (non-hydrogen) atoms. The van der Waals surface area contributed by atoms with Crippen molar-refractivity contribution in [1.29, 1.82) is 0 Å². The monoisotopic (exact) mass is 302 g/mol. The first kappa shape index (κ1) is 15.1. The van der Waals surface area contributed by atoms with E-state index in [1.165, 1.54) is 12.4 Å². The van der Waals surface area contributed by atoms with Crippen LogP contribution in [0.2, 0.25) is 0 Å². The van der Waals surface area contributed by atoms with Gasteiger partial charge in [0.2, 0.25) is 0 Å². The van der Waals surface area contributed by atoms with Crippen LogP contribution < -0.4 is 5.32 Å². The van der Waals surface area contributed by atoms with Crippen LogP contribution in [-0.4, -0.2) is 31.7 Å². The summed E-state index contributed by atoms with van der Waals surface area (Å²) >= 11 is 0. The smallest absolute Gasteiger partial charge is 0.435 e. The molecule has 0 spiro atoms. The number of nitrogens with zero attached hydrogens (tertiary/aromatic N) is 3. The van der Waals surface area contributed by atoms with Crippen LogP contribution in [0.1, 0.15) is 25.5 Å². The quantitative estimate of drug-likeness (QED) is 0.886. The summed E-state index contributed by atoms with van der Waals surface area (Å²) in [6.07, 6.45) is -1.10. The molecule has 0 saturated heterocycles. The molecular weight excluding hydrogens is 289 g/mol. The molecule has 0 saturated carbocycles. The number of aliphatic carboxylic acids is 1. The van der Waals surface area contributed by atoms with E-state index in [0.717, 1.165) is 10.6 Å². The Kier molecular flexibility index (Phi) is 4.01. The van der Waals surface area contributed by atoms with Gasteiger partial charge in [0.1, 0.15) is 11.6 Å². The van der Waals surface area contributed by atoms with Crippen LogP contribution in [0.25, 0.3) is 5.52 Å². The number of hydrogen-bond donors (Lipinski definition) is 2. The zero-order valence-corrected chi connectivity index (χ0v) is 11.1. The number of rotatable bonds is 5. The Morgan fingerprint density at radius 3 is 2.81 bits per heavy atom. The van der Waals surface area contributed by atoms with Crippen LogP contribution in [0.5, 0.6) is 0 Å². The van der Waals surface area contributed by atoms with Crippen LogP contribution in [-0.2, 0) is 11.0 Å². The summed E-state index contributed by atoms with van der Waals surface area (Å²) in [7, 11) is 0. The average molecular weight is 302 g/mol. The molecule has 0 bridgehead atoms. The number of aromatic nitrogens is 3. The van der Waals surface area contributed by atoms with Crippen molar-refractivity contribution in [2.45, 2.75) is 32.0 Å². The summed E-state index contributed by atoms with van der Waals surface area (Å²) in [5, 5.41) is 15.1. The van der Waals surface area contributed by atoms with Gasteiger partial charge in [0.25, 0.3) is 0 Å². The lowest BCUT2D eigenvalue weighted by molar-refractivity contribution is -0.141. The van der Waals surface area contributed by atoms with Crippen LogP contribution in [0.15, 0.2) is 18.5 Å². The van der Waals surface area contributed by atoms with Gasteiger partial charge in [-0.3, -0.25) is 0 Å². The Hall–Kier alpha value is -2.32. The van der Waals surface area contributed by atoms with E-state index in [2.05, 4.69) is 15.4 Å². The van der Waals surface area contributed by atoms with Crippen molar-refractivity contribution in [1.82, 2.24) is 14.6 Å². The highest BCUT2D eigenvalue weighted by atomic mass is 19.4. The number of hydrogen-bond acceptors (Lipinski definition) is 4. The first-order valence-corrected chi connectivity index (χ1v) is 6.24. The second-order valence-electron chi connectivity index (χ2n) is 4.46. The van der Waals surface area contributed by atoms with E-state index >= 15 is 0 Å². The molecule has 9 heteroatoms. The maximum absolute atomic E-state index is 12.7. The molecule has 0 fully saturated rings. The van der Waals surface area contributed by atoms with Crippen molar-refractivity contribution in [2.24, 2.45) is 0 Å². The molecule has 0 amide bonds. The third kappa shape index (κ3) is 3.23. The third-order valence-electron chi connectivity index (χ3n) is 2.87. The first-order chi connectivity index (χ1) is 9.82. The zero-order valence-electron chi connectivity index (χ0n) is 11.1. The highest BCUT2D eigenvalue weighted by Crippen LogP contribution is 2.30. The average Bonchev–Trinajstić information content (AvgIpc) is 2.83. The molecule has 1 unspecified atom stereocenters. The van der Waals surface area contributed by atoms with Gasteiger partial charge in [-0.1, -0.05) is 13.3 Å². The minimum absolute atomic E-state index is 0.0568. The normalized spacial score (nSPS) is 13.3. The second-order valence-corrected chi connectivity index (χ2v) is 4.46. The standard InChI is InChI=1S/C12H13F3N4O2/c1-2-3-7(11(20)21)17-10-8-6-9(12(13,14)15)18-19(8)5-4-16-10/h4-7H,2-3H2,1H3,(H,16,17)(H,20,21). The molecular formula is C12H13F3N4O2. The van der Waals surface area contributed by atoms with Crippen molar-refractivity contribution in [3.8, 4) is 0 Å². The number of carboxylic acid groups (broad SMARTS) is 1. The molecule has 2 aromatic heterocycles. The molecule has 2 heterocycles. The molecule has 1 atom stereocenters. The molecule has 2 aromatic rings. The fraction of sp³-hybridized carbons (Fsp3) is 0.417. The van der Waals surface area contributed by atoms with Gasteiger partial charge in [-0.25, -0.2) is 14.3 Å². The molecule has 2 N–H and O–H groups in total. The summed E-state index contributed by atoms with van der Waals surface area (Å²) in [6, 6.07) is -0.0851. The summed E-state index contributed by atoms with van der Waals surface area (Å²) in [5.74, 6) is -1.03. The van der Waals surface area contributed by atoms with E-state index in [1.54, 1.807) is 0 Å². The topological polar surface area (TPSA) is 79.5 Å². The lowest BCUT2D eigenvalue weighted by atomic mass is 10.1. The molecule has 0 aromatic carbocycles. The zero-order chi connectivity index (χ0) is 15.6. The maximum Gasteiger partial charge on any atom is 0.435 e. The molecule has 2 rings (SSSR count). The second kappa shape index (κ2) is 5.58. The number of anilines is 1. The lowest BCUT2D eigenvalue weighted by Gasteiger charge is -2.14. The van der Waals surface area contributed by atoms with E-state index in [0.29, 0.717) is 12.8 Å². The van der Waals surface area contributed by atoms with Crippen molar-refractivity contribution in [3.05, 3.63) is 24.2 Å². The fourth-order valence-corrected chi connectivity index (χ4v) is 1.88. The minimum Gasteiger partial charge on any atom is -0.480 e. The highest BCUT2D eigenvalue weighted by molar-refractivity contribution is 5.79. The van der Waals surface area contributed by atoms with E-state index in [-0.39, 0.29) is 11.3 Å². The largest absolute Gasteiger partial charge is 0.480 e. The lowest BCUT2D eigenvalue weighted by Crippen LogP contribution is -2.29. The number of alkyl halides is 3. The van der Waals surface area contributed by atoms with Gasteiger partial charge < -0.3 is 10.4 Å². The van der Waals surface area contributed by atoms with Gasteiger partial charge in [-0.15, -0.1) is 0 Å². The van der Waals surface area contributed by atoms with Gasteiger partial charge in [-0.2, -0.15) is 18.3 Å². The SMILES string of the molecule is CCCC(Nc1nccn2nc(C(F)(F)F)cc12)C(=O)O. The Bertz CT molecular complexity index is 653. The number of halogens is 3. The molecule has 0 aliphatic heterocycles. The summed E-state index contributed by atoms with van der Waals surface area (Å²) in [6.45, 7) is 1.81. The van der Waals surface area contributed by atoms with Crippen LogP contribution in [0.4, 0.5) is 19.0 Å². The molecule has 0 aliphatic rings. The van der Waals surface area contributed by atoms with E-state index < -0.39 is 23.9 Å². The van der Waals surface area contributed by atoms with Gasteiger partial charge in [0.15, 0.2) is 11.5 Å². The Morgan fingerprint density at radius 1 is 1.52 bits per heavy atom. The maximum atomic E-state index is 12.7. The third-order valence-corrected chi connectivity index (χ3v) is 2.87. The number of nitrogens with one attached hydrogen (secondary N) is 1. The van der Waals surface area contributed by atoms with Crippen LogP contribution >= 0.6 is 0 Å². The van der Waals surface area contributed by atoms with E-state index in [1.807, 2.05) is 6.92 Å². The molecule has 6 nitrogen and oxygen atoms in total. The molecule has 114 valence electrons. The predicted octanol–water partition coefficient (Wildman–Crippen LogP) is 2.41. The van der Waals surface area contributed by atoms with Gasteiger partial charge >= 0.3 is 12.1 Å². The van der Waals surface area contributed by atoms with Crippen LogP contribution in [0.3, 0.4) is 0 Å². The fourth-order valence-electron chi connectivity index (χ4n) is 1.88. The number of fused-ring (bicyclic) bond motifs is 1. The summed E-state index contributed by atoms with van der Waals surface area (Å²) in [5.41, 5.74) is -0.979. The van der Waals surface area contributed by atoms with Crippen LogP contribution in [0, 0.1) is 0 Å². The Morgan fingerprint density at radius 2 is 2.24 bits per heavy atom. The van der Waals surface area contributed by atoms with Gasteiger partial charge in [0, 0.05) is 18.5 Å². The van der Waals surface area contributed by atoms with Gasteiger partial charge in [0.05, 0.1) is 0 Å². The summed E-state index contributed by atoms with van der Waals surface area (Å²) in [4.78, 5) is 15.0. The van der Waals surface area contributed by atoms with Crippen molar-refractivity contribution in [2.75, 3.05) is 5.32 Å². The van der Waals surface area contributed by atoms with Crippen molar-refractivity contribution in [3.63, 3.8) is 0 Å². The van der Waals surface area contributed by atoms with Crippen molar-refractivity contribution >= 4 is 17.3 Å². The van der Waals surface area contributed by atoms with Gasteiger partial charge in [-0.05, 0) is 6.42 Å². The summed E-state index contributed by atoms with van der Waals surface area (Å²) < 4.78 is 39.0. The molecule has 0 aliphatic carbocycles.